The number of ether oxygens (including phenoxy) is 1. The van der Waals surface area contributed by atoms with Gasteiger partial charge in [0.15, 0.2) is 0 Å². The van der Waals surface area contributed by atoms with Crippen molar-refractivity contribution >= 4 is 33.0 Å². The topological polar surface area (TPSA) is 81.4 Å². The summed E-state index contributed by atoms with van der Waals surface area (Å²) < 4.78 is 32.3. The van der Waals surface area contributed by atoms with Crippen molar-refractivity contribution in [1.82, 2.24) is 0 Å². The third-order valence-electron chi connectivity index (χ3n) is 2.91. The average Bonchev–Trinajstić information content (AvgIpc) is 2.37. The molecule has 0 aliphatic carbocycles. The minimum atomic E-state index is -3.77. The molecule has 0 aliphatic rings. The van der Waals surface area contributed by atoms with Gasteiger partial charge in [0.2, 0.25) is 0 Å². The minimum Gasteiger partial charge on any atom is -0.496 e. The van der Waals surface area contributed by atoms with Gasteiger partial charge in [-0.25, -0.2) is 8.42 Å². The molecule has 2 rings (SSSR count). The summed E-state index contributed by atoms with van der Waals surface area (Å²) in [6.07, 6.45) is 0. The quantitative estimate of drug-likeness (QED) is 0.846. The van der Waals surface area contributed by atoms with Crippen LogP contribution in [0.1, 0.15) is 5.56 Å². The Labute approximate surface area is 128 Å². The third kappa shape index (κ3) is 3.40. The lowest BCUT2D eigenvalue weighted by Crippen LogP contribution is -2.14. The lowest BCUT2D eigenvalue weighted by atomic mass is 10.2. The summed E-state index contributed by atoms with van der Waals surface area (Å²) in [5.41, 5.74) is 7.06. The highest BCUT2D eigenvalue weighted by molar-refractivity contribution is 7.92. The molecule has 0 spiro atoms. The lowest BCUT2D eigenvalue weighted by Gasteiger charge is -2.12. The minimum absolute atomic E-state index is 0.0135. The van der Waals surface area contributed by atoms with Crippen molar-refractivity contribution in [3.63, 3.8) is 0 Å². The molecule has 21 heavy (non-hydrogen) atoms. The zero-order valence-electron chi connectivity index (χ0n) is 11.6. The Morgan fingerprint density at radius 1 is 1.19 bits per heavy atom. The van der Waals surface area contributed by atoms with Crippen molar-refractivity contribution in [3.8, 4) is 5.75 Å². The maximum atomic E-state index is 12.3. The number of nitrogens with two attached hydrogens (primary N) is 1. The van der Waals surface area contributed by atoms with Gasteiger partial charge in [-0.2, -0.15) is 0 Å². The largest absolute Gasteiger partial charge is 0.496 e. The maximum Gasteiger partial charge on any atom is 0.263 e. The van der Waals surface area contributed by atoms with Gasteiger partial charge in [-0.05, 0) is 48.9 Å². The van der Waals surface area contributed by atoms with Gasteiger partial charge in [-0.15, -0.1) is 0 Å². The molecule has 0 radical (unpaired) electrons. The van der Waals surface area contributed by atoms with Crippen LogP contribution in [-0.4, -0.2) is 15.5 Å². The second-order valence-electron chi connectivity index (χ2n) is 4.47. The van der Waals surface area contributed by atoms with Crippen LogP contribution in [-0.2, 0) is 10.0 Å². The fourth-order valence-corrected chi connectivity index (χ4v) is 3.26. The molecule has 0 aliphatic heterocycles. The molecule has 0 fully saturated rings. The Kier molecular flexibility index (Phi) is 4.29. The normalized spacial score (nSPS) is 11.2. The maximum absolute atomic E-state index is 12.3. The van der Waals surface area contributed by atoms with Crippen molar-refractivity contribution in [2.24, 2.45) is 0 Å². The Bertz CT molecular complexity index is 776. The molecule has 3 N–H and O–H groups in total. The molecule has 0 saturated carbocycles. The van der Waals surface area contributed by atoms with Gasteiger partial charge >= 0.3 is 0 Å². The molecule has 0 unspecified atom stereocenters. The first-order valence-corrected chi connectivity index (χ1v) is 7.92. The highest BCUT2D eigenvalue weighted by Crippen LogP contribution is 2.26. The summed E-state index contributed by atoms with van der Waals surface area (Å²) in [6.45, 7) is 1.83. The van der Waals surface area contributed by atoms with Crippen LogP contribution in [0.5, 0.6) is 5.75 Å². The summed E-state index contributed by atoms with van der Waals surface area (Å²) in [6, 6.07) is 9.24. The van der Waals surface area contributed by atoms with E-state index >= 15 is 0 Å². The van der Waals surface area contributed by atoms with Crippen LogP contribution >= 0.6 is 11.6 Å². The molecular formula is C14H15ClN2O3S. The van der Waals surface area contributed by atoms with E-state index in [2.05, 4.69) is 4.72 Å². The molecule has 0 heterocycles. The fourth-order valence-electron chi connectivity index (χ4n) is 1.92. The van der Waals surface area contributed by atoms with Gasteiger partial charge in [-0.1, -0.05) is 11.6 Å². The van der Waals surface area contributed by atoms with Crippen LogP contribution in [0.2, 0.25) is 5.02 Å². The van der Waals surface area contributed by atoms with Crippen molar-refractivity contribution < 1.29 is 13.2 Å². The number of benzene rings is 2. The highest BCUT2D eigenvalue weighted by atomic mass is 35.5. The molecule has 0 saturated heterocycles. The van der Waals surface area contributed by atoms with Gasteiger partial charge in [0.1, 0.15) is 10.6 Å². The fraction of sp³-hybridized carbons (Fsp3) is 0.143. The molecule has 2 aromatic carbocycles. The van der Waals surface area contributed by atoms with Gasteiger partial charge < -0.3 is 10.5 Å². The van der Waals surface area contributed by atoms with Crippen LogP contribution < -0.4 is 15.2 Å². The number of hydrogen-bond acceptors (Lipinski definition) is 4. The van der Waals surface area contributed by atoms with E-state index in [0.29, 0.717) is 16.5 Å². The van der Waals surface area contributed by atoms with Crippen LogP contribution in [0.3, 0.4) is 0 Å². The molecule has 0 amide bonds. The zero-order valence-corrected chi connectivity index (χ0v) is 13.1. The molecule has 0 bridgehead atoms. The second kappa shape index (κ2) is 5.83. The van der Waals surface area contributed by atoms with Crippen LogP contribution in [0.4, 0.5) is 11.4 Å². The van der Waals surface area contributed by atoms with Crippen molar-refractivity contribution in [3.05, 3.63) is 47.0 Å². The number of anilines is 2. The Balaban J connectivity index is 2.35. The monoisotopic (exact) mass is 326 g/mol. The van der Waals surface area contributed by atoms with Crippen molar-refractivity contribution in [2.45, 2.75) is 11.8 Å². The number of methoxy groups -OCH3 is 1. The number of nitrogen functional groups attached to an aromatic ring is 1. The lowest BCUT2D eigenvalue weighted by molar-refractivity contribution is 0.412. The highest BCUT2D eigenvalue weighted by Gasteiger charge is 2.18. The molecule has 2 aromatic rings. The van der Waals surface area contributed by atoms with Crippen molar-refractivity contribution in [1.29, 1.82) is 0 Å². The van der Waals surface area contributed by atoms with E-state index in [1.54, 1.807) is 25.3 Å². The molecule has 112 valence electrons. The van der Waals surface area contributed by atoms with Gasteiger partial charge in [-0.3, -0.25) is 4.72 Å². The number of sulfonamides is 1. The molecule has 5 nitrogen and oxygen atoms in total. The van der Waals surface area contributed by atoms with E-state index in [1.165, 1.54) is 18.2 Å². The smallest absolute Gasteiger partial charge is 0.263 e. The second-order valence-corrected chi connectivity index (χ2v) is 6.56. The SMILES string of the molecule is COc1ccc(NS(=O)(=O)c2ccc(Cl)cc2N)cc1C. The number of halogens is 1. The summed E-state index contributed by atoms with van der Waals surface area (Å²) in [4.78, 5) is -0.0135. The number of hydrogen-bond donors (Lipinski definition) is 2. The predicted molar refractivity (Wildman–Crippen MR) is 84.4 cm³/mol. The van der Waals surface area contributed by atoms with E-state index in [0.717, 1.165) is 5.56 Å². The zero-order chi connectivity index (χ0) is 15.6. The average molecular weight is 327 g/mol. The molecular weight excluding hydrogens is 312 g/mol. The van der Waals surface area contributed by atoms with E-state index in [-0.39, 0.29) is 10.6 Å². The third-order valence-corrected chi connectivity index (χ3v) is 4.60. The standard InChI is InChI=1S/C14H15ClN2O3S/c1-9-7-11(4-5-13(9)20-2)17-21(18,19)14-6-3-10(15)8-12(14)16/h3-8,17H,16H2,1-2H3. The number of nitrogens with one attached hydrogen (secondary N) is 1. The van der Waals surface area contributed by atoms with Crippen LogP contribution in [0.25, 0.3) is 0 Å². The van der Waals surface area contributed by atoms with Crippen LogP contribution in [0, 0.1) is 6.92 Å². The van der Waals surface area contributed by atoms with E-state index < -0.39 is 10.0 Å². The first-order valence-electron chi connectivity index (χ1n) is 6.06. The first kappa shape index (κ1) is 15.5. The Hall–Kier alpha value is -1.92. The molecule has 7 heteroatoms. The van der Waals surface area contributed by atoms with Gasteiger partial charge in [0.25, 0.3) is 10.0 Å². The summed E-state index contributed by atoms with van der Waals surface area (Å²) in [5, 5.41) is 0.381. The predicted octanol–water partition coefficient (Wildman–Crippen LogP) is 3.04. The van der Waals surface area contributed by atoms with E-state index in [9.17, 15) is 8.42 Å². The van der Waals surface area contributed by atoms with E-state index in [1.807, 2.05) is 6.92 Å². The number of rotatable bonds is 4. The Morgan fingerprint density at radius 2 is 1.90 bits per heavy atom. The van der Waals surface area contributed by atoms with Gasteiger partial charge in [0.05, 0.1) is 12.8 Å². The number of aryl methyl sites for hydroxylation is 1. The Morgan fingerprint density at radius 3 is 2.48 bits per heavy atom. The van der Waals surface area contributed by atoms with E-state index in [4.69, 9.17) is 22.1 Å². The molecule has 0 aromatic heterocycles. The van der Waals surface area contributed by atoms with Gasteiger partial charge in [0, 0.05) is 10.7 Å². The summed E-state index contributed by atoms with van der Waals surface area (Å²) >= 11 is 5.77. The van der Waals surface area contributed by atoms with Crippen molar-refractivity contribution in [2.75, 3.05) is 17.6 Å². The molecule has 0 atom stereocenters. The van der Waals surface area contributed by atoms with Crippen LogP contribution in [0.15, 0.2) is 41.3 Å². The summed E-state index contributed by atoms with van der Waals surface area (Å²) in [5.74, 6) is 0.684. The summed E-state index contributed by atoms with van der Waals surface area (Å²) in [7, 11) is -2.22. The first-order chi connectivity index (χ1) is 9.83.